The average Bonchev–Trinajstić information content (AvgIpc) is 2.86. The van der Waals surface area contributed by atoms with Crippen LogP contribution in [0, 0.1) is 11.8 Å². The van der Waals surface area contributed by atoms with E-state index in [0.29, 0.717) is 11.8 Å². The molecule has 1 aliphatic carbocycles. The van der Waals surface area contributed by atoms with E-state index in [1.54, 1.807) is 0 Å². The van der Waals surface area contributed by atoms with Gasteiger partial charge in [-0.2, -0.15) is 13.2 Å². The summed E-state index contributed by atoms with van der Waals surface area (Å²) in [5.41, 5.74) is -2.93. The summed E-state index contributed by atoms with van der Waals surface area (Å²) in [7, 11) is 1.46. The Balaban J connectivity index is 2.02. The fourth-order valence-electron chi connectivity index (χ4n) is 3.55. The molecule has 0 bridgehead atoms. The van der Waals surface area contributed by atoms with Gasteiger partial charge in [0.05, 0.1) is 0 Å². The van der Waals surface area contributed by atoms with Crippen molar-refractivity contribution >= 4 is 0 Å². The van der Waals surface area contributed by atoms with Gasteiger partial charge in [0, 0.05) is 31.9 Å². The lowest BCUT2D eigenvalue weighted by Crippen LogP contribution is -2.48. The minimum Gasteiger partial charge on any atom is -0.374 e. The van der Waals surface area contributed by atoms with Crippen molar-refractivity contribution in [3.8, 4) is 0 Å². The maximum absolute atomic E-state index is 13.4. The highest BCUT2D eigenvalue weighted by Crippen LogP contribution is 2.40. The van der Waals surface area contributed by atoms with Gasteiger partial charge < -0.3 is 15.0 Å². The van der Waals surface area contributed by atoms with E-state index in [-0.39, 0.29) is 18.4 Å². The molecule has 132 valence electrons. The molecule has 1 aromatic rings. The molecule has 1 aliphatic rings. The third kappa shape index (κ3) is 3.88. The molecule has 23 heavy (non-hydrogen) atoms. The Kier molecular flexibility index (Phi) is 5.41. The van der Waals surface area contributed by atoms with Gasteiger partial charge in [-0.3, -0.25) is 0 Å². The van der Waals surface area contributed by atoms with Gasteiger partial charge in [0.2, 0.25) is 5.60 Å². The molecule has 1 aromatic heterocycles. The Labute approximate surface area is 135 Å². The van der Waals surface area contributed by atoms with Gasteiger partial charge in [-0.05, 0) is 37.6 Å². The van der Waals surface area contributed by atoms with Crippen molar-refractivity contribution < 1.29 is 18.3 Å². The van der Waals surface area contributed by atoms with E-state index < -0.39 is 18.2 Å². The molecule has 0 radical (unpaired) electrons. The van der Waals surface area contributed by atoms with E-state index in [4.69, 9.17) is 0 Å². The third-order valence-electron chi connectivity index (χ3n) is 4.98. The summed E-state index contributed by atoms with van der Waals surface area (Å²) in [5, 5.41) is 13.5. The van der Waals surface area contributed by atoms with Gasteiger partial charge in [0.15, 0.2) is 0 Å². The van der Waals surface area contributed by atoms with Crippen molar-refractivity contribution in [2.45, 2.75) is 57.3 Å². The van der Waals surface area contributed by atoms with Crippen LogP contribution in [0.4, 0.5) is 13.2 Å². The maximum Gasteiger partial charge on any atom is 0.424 e. The second-order valence-corrected chi connectivity index (χ2v) is 6.93. The largest absolute Gasteiger partial charge is 0.424 e. The van der Waals surface area contributed by atoms with Gasteiger partial charge >= 0.3 is 6.18 Å². The first-order chi connectivity index (χ1) is 10.6. The van der Waals surface area contributed by atoms with Gasteiger partial charge in [0.25, 0.3) is 0 Å². The summed E-state index contributed by atoms with van der Waals surface area (Å²) in [5.74, 6) is 0.741. The molecule has 0 amide bonds. The highest BCUT2D eigenvalue weighted by molar-refractivity contribution is 5.08. The van der Waals surface area contributed by atoms with Gasteiger partial charge in [-0.15, -0.1) is 0 Å². The van der Waals surface area contributed by atoms with Crippen molar-refractivity contribution in [2.24, 2.45) is 18.9 Å². The zero-order valence-corrected chi connectivity index (χ0v) is 13.9. The predicted octanol–water partition coefficient (Wildman–Crippen LogP) is 2.97. The lowest BCUT2D eigenvalue weighted by molar-refractivity contribution is -0.272. The highest BCUT2D eigenvalue weighted by atomic mass is 19.4. The summed E-state index contributed by atoms with van der Waals surface area (Å²) >= 11 is 0. The molecule has 2 rings (SSSR count). The lowest BCUT2D eigenvalue weighted by Gasteiger charge is -2.35. The molecule has 0 aromatic carbocycles. The second kappa shape index (κ2) is 6.81. The van der Waals surface area contributed by atoms with Crippen LogP contribution in [0.5, 0.6) is 0 Å². The molecule has 1 heterocycles. The number of aryl methyl sites for hydroxylation is 1. The maximum atomic E-state index is 13.4. The first-order valence-electron chi connectivity index (χ1n) is 8.15. The summed E-state index contributed by atoms with van der Waals surface area (Å²) in [6.45, 7) is 4.44. The number of nitrogens with one attached hydrogen (secondary N) is 1. The molecule has 4 atom stereocenters. The van der Waals surface area contributed by atoms with E-state index >= 15 is 0 Å². The van der Waals surface area contributed by atoms with Crippen molar-refractivity contribution in [3.05, 3.63) is 18.2 Å². The van der Waals surface area contributed by atoms with Crippen LogP contribution in [-0.4, -0.2) is 33.4 Å². The van der Waals surface area contributed by atoms with E-state index in [0.717, 1.165) is 19.3 Å². The first kappa shape index (κ1) is 18.3. The van der Waals surface area contributed by atoms with Crippen molar-refractivity contribution in [2.75, 3.05) is 6.54 Å². The van der Waals surface area contributed by atoms with E-state index in [9.17, 15) is 18.3 Å². The van der Waals surface area contributed by atoms with Crippen LogP contribution in [0.15, 0.2) is 12.4 Å². The third-order valence-corrected chi connectivity index (χ3v) is 4.98. The number of rotatable bonds is 5. The average molecular weight is 333 g/mol. The SMILES string of the molecule is C[C@@H]1CC[C@H](NCC[C@@](O)(c2nccn2C)C(F)(F)F)[C@H](C)C1. The fraction of sp³-hybridized carbons (Fsp3) is 0.812. The smallest absolute Gasteiger partial charge is 0.374 e. The molecule has 0 aliphatic heterocycles. The molecule has 2 N–H and O–H groups in total. The minimum absolute atomic E-state index is 0.103. The molecular formula is C16H26F3N3O. The van der Waals surface area contributed by atoms with Crippen molar-refractivity contribution in [1.82, 2.24) is 14.9 Å². The number of hydrogen-bond acceptors (Lipinski definition) is 3. The summed E-state index contributed by atoms with van der Waals surface area (Å²) in [6.07, 6.45) is 0.607. The van der Waals surface area contributed by atoms with E-state index in [1.807, 2.05) is 0 Å². The van der Waals surface area contributed by atoms with Crippen LogP contribution in [0.1, 0.15) is 45.4 Å². The Morgan fingerprint density at radius 2 is 2.04 bits per heavy atom. The molecular weight excluding hydrogens is 307 g/mol. The van der Waals surface area contributed by atoms with Gasteiger partial charge in [-0.1, -0.05) is 13.8 Å². The van der Waals surface area contributed by atoms with E-state index in [2.05, 4.69) is 24.1 Å². The van der Waals surface area contributed by atoms with E-state index in [1.165, 1.54) is 24.0 Å². The topological polar surface area (TPSA) is 50.1 Å². The lowest BCUT2D eigenvalue weighted by atomic mass is 9.80. The van der Waals surface area contributed by atoms with Gasteiger partial charge in [0.1, 0.15) is 5.82 Å². The van der Waals surface area contributed by atoms with Crippen LogP contribution in [0.3, 0.4) is 0 Å². The predicted molar refractivity (Wildman–Crippen MR) is 81.7 cm³/mol. The van der Waals surface area contributed by atoms with Crippen LogP contribution in [0.2, 0.25) is 0 Å². The van der Waals surface area contributed by atoms with Gasteiger partial charge in [-0.25, -0.2) is 4.98 Å². The van der Waals surface area contributed by atoms with Crippen LogP contribution < -0.4 is 5.32 Å². The Morgan fingerprint density at radius 3 is 2.57 bits per heavy atom. The number of aliphatic hydroxyl groups is 1. The molecule has 0 unspecified atom stereocenters. The highest BCUT2D eigenvalue weighted by Gasteiger charge is 2.57. The molecule has 0 saturated heterocycles. The number of alkyl halides is 3. The molecule has 7 heteroatoms. The van der Waals surface area contributed by atoms with Crippen LogP contribution in [-0.2, 0) is 12.6 Å². The Bertz CT molecular complexity index is 517. The summed E-state index contributed by atoms with van der Waals surface area (Å²) in [6, 6.07) is 0.213. The summed E-state index contributed by atoms with van der Waals surface area (Å²) < 4.78 is 41.5. The molecule has 4 nitrogen and oxygen atoms in total. The second-order valence-electron chi connectivity index (χ2n) is 6.93. The first-order valence-corrected chi connectivity index (χ1v) is 8.15. The molecule has 1 fully saturated rings. The molecule has 1 saturated carbocycles. The number of hydrogen-bond donors (Lipinski definition) is 2. The van der Waals surface area contributed by atoms with Crippen molar-refractivity contribution in [3.63, 3.8) is 0 Å². The number of halogens is 3. The van der Waals surface area contributed by atoms with Crippen molar-refractivity contribution in [1.29, 1.82) is 0 Å². The zero-order chi connectivity index (χ0) is 17.3. The van der Waals surface area contributed by atoms with Crippen LogP contribution in [0.25, 0.3) is 0 Å². The number of aromatic nitrogens is 2. The summed E-state index contributed by atoms with van der Waals surface area (Å²) in [4.78, 5) is 3.71. The van der Waals surface area contributed by atoms with Crippen LogP contribution >= 0.6 is 0 Å². The molecule has 0 spiro atoms. The Morgan fingerprint density at radius 1 is 1.35 bits per heavy atom. The standard InChI is InChI=1S/C16H26F3N3O/c1-11-4-5-13(12(2)10-11)20-7-6-15(23,16(17,18)19)14-21-8-9-22(14)3/h8-9,11-13,20,23H,4-7,10H2,1-3H3/t11-,12-,13+,15-/m1/s1. The number of imidazole rings is 1. The quantitative estimate of drug-likeness (QED) is 0.871. The monoisotopic (exact) mass is 333 g/mol. The normalized spacial score (nSPS) is 28.6. The Hall–Kier alpha value is -1.08. The minimum atomic E-state index is -4.76. The zero-order valence-electron chi connectivity index (χ0n) is 13.9. The number of nitrogens with zero attached hydrogens (tertiary/aromatic N) is 2. The fourth-order valence-corrected chi connectivity index (χ4v) is 3.55.